The topological polar surface area (TPSA) is 55.4 Å². The van der Waals surface area contributed by atoms with E-state index >= 15 is 0 Å². The second-order valence-electron chi connectivity index (χ2n) is 4.39. The lowest BCUT2D eigenvalue weighted by atomic mass is 10.2. The van der Waals surface area contributed by atoms with Crippen molar-refractivity contribution in [2.75, 3.05) is 19.8 Å². The largest absolute Gasteiger partial charge is 0.380 e. The van der Waals surface area contributed by atoms with Gasteiger partial charge in [0, 0.05) is 13.2 Å². The van der Waals surface area contributed by atoms with Gasteiger partial charge in [0.15, 0.2) is 0 Å². The summed E-state index contributed by atoms with van der Waals surface area (Å²) >= 11 is 4.53. The third-order valence-corrected chi connectivity index (χ3v) is 6.16. The molecule has 1 aromatic heterocycles. The molecule has 104 valence electrons. The lowest BCUT2D eigenvalue weighted by Crippen LogP contribution is -2.27. The molecule has 0 radical (unpaired) electrons. The zero-order valence-electron chi connectivity index (χ0n) is 10.7. The van der Waals surface area contributed by atoms with Gasteiger partial charge < -0.3 is 4.74 Å². The maximum Gasteiger partial charge on any atom is 0.250 e. The molecule has 1 N–H and O–H groups in total. The van der Waals surface area contributed by atoms with Crippen molar-refractivity contribution in [1.82, 2.24) is 4.72 Å². The summed E-state index contributed by atoms with van der Waals surface area (Å²) in [6.07, 6.45) is 0. The molecular formula is C11H18BrNO3S2. The Morgan fingerprint density at radius 2 is 2.17 bits per heavy atom. The molecule has 1 heterocycles. The normalized spacial score (nSPS) is 12.3. The molecule has 1 aromatic rings. The van der Waals surface area contributed by atoms with Gasteiger partial charge in [-0.1, -0.05) is 13.8 Å². The fraction of sp³-hybridized carbons (Fsp3) is 0.636. The molecule has 0 aliphatic heterocycles. The standard InChI is InChI=1S/C11H18BrNO3S2/c1-8(2)7-16-5-4-13-18(14,15)10-6-9(3)11(12)17-10/h6,8,13H,4-5,7H2,1-3H3. The molecule has 0 bridgehead atoms. The highest BCUT2D eigenvalue weighted by Crippen LogP contribution is 2.30. The van der Waals surface area contributed by atoms with Gasteiger partial charge in [-0.3, -0.25) is 0 Å². The van der Waals surface area contributed by atoms with Crippen molar-refractivity contribution in [3.05, 3.63) is 15.4 Å². The molecule has 0 aliphatic carbocycles. The first-order chi connectivity index (χ1) is 8.33. The smallest absolute Gasteiger partial charge is 0.250 e. The second kappa shape index (κ2) is 7.00. The highest BCUT2D eigenvalue weighted by molar-refractivity contribution is 9.11. The van der Waals surface area contributed by atoms with Crippen LogP contribution in [0.2, 0.25) is 0 Å². The van der Waals surface area contributed by atoms with Crippen LogP contribution in [0.15, 0.2) is 14.1 Å². The maximum absolute atomic E-state index is 11.9. The van der Waals surface area contributed by atoms with Crippen LogP contribution < -0.4 is 4.72 Å². The van der Waals surface area contributed by atoms with Crippen LogP contribution in [0.3, 0.4) is 0 Å². The molecule has 0 saturated carbocycles. The van der Waals surface area contributed by atoms with Gasteiger partial charge >= 0.3 is 0 Å². The van der Waals surface area contributed by atoms with Crippen LogP contribution >= 0.6 is 27.3 Å². The minimum Gasteiger partial charge on any atom is -0.380 e. The van der Waals surface area contributed by atoms with Gasteiger partial charge in [-0.05, 0) is 40.4 Å². The number of halogens is 1. The number of sulfonamides is 1. The highest BCUT2D eigenvalue weighted by atomic mass is 79.9. The summed E-state index contributed by atoms with van der Waals surface area (Å²) in [4.78, 5) is 0. The molecule has 7 heteroatoms. The zero-order chi connectivity index (χ0) is 13.8. The number of hydrogen-bond acceptors (Lipinski definition) is 4. The summed E-state index contributed by atoms with van der Waals surface area (Å²) < 4.78 is 32.9. The molecule has 0 amide bonds. The number of hydrogen-bond donors (Lipinski definition) is 1. The van der Waals surface area contributed by atoms with E-state index in [9.17, 15) is 8.42 Å². The summed E-state index contributed by atoms with van der Waals surface area (Å²) in [5, 5.41) is 0. The quantitative estimate of drug-likeness (QED) is 0.765. The average Bonchev–Trinajstić information content (AvgIpc) is 2.59. The van der Waals surface area contributed by atoms with E-state index in [0.717, 1.165) is 9.35 Å². The van der Waals surface area contributed by atoms with Crippen molar-refractivity contribution in [2.45, 2.75) is 25.0 Å². The lowest BCUT2D eigenvalue weighted by molar-refractivity contribution is 0.114. The van der Waals surface area contributed by atoms with Crippen molar-refractivity contribution < 1.29 is 13.2 Å². The third kappa shape index (κ3) is 4.97. The Labute approximate surface area is 121 Å². The van der Waals surface area contributed by atoms with Gasteiger partial charge in [-0.25, -0.2) is 13.1 Å². The van der Waals surface area contributed by atoms with Gasteiger partial charge in [-0.2, -0.15) is 0 Å². The molecule has 0 fully saturated rings. The lowest BCUT2D eigenvalue weighted by Gasteiger charge is -2.07. The van der Waals surface area contributed by atoms with E-state index in [0.29, 0.717) is 29.9 Å². The summed E-state index contributed by atoms with van der Waals surface area (Å²) in [6, 6.07) is 1.66. The predicted octanol–water partition coefficient (Wildman–Crippen LogP) is 2.77. The molecule has 0 spiro atoms. The van der Waals surface area contributed by atoms with Crippen molar-refractivity contribution in [1.29, 1.82) is 0 Å². The number of nitrogens with one attached hydrogen (secondary N) is 1. The van der Waals surface area contributed by atoms with Crippen molar-refractivity contribution in [3.63, 3.8) is 0 Å². The molecule has 0 aromatic carbocycles. The highest BCUT2D eigenvalue weighted by Gasteiger charge is 2.17. The molecule has 1 rings (SSSR count). The van der Waals surface area contributed by atoms with Crippen LogP contribution in [0.5, 0.6) is 0 Å². The van der Waals surface area contributed by atoms with Crippen molar-refractivity contribution in [2.24, 2.45) is 5.92 Å². The Hall–Kier alpha value is 0.0500. The van der Waals surface area contributed by atoms with Crippen LogP contribution in [0.4, 0.5) is 0 Å². The van der Waals surface area contributed by atoms with E-state index in [1.54, 1.807) is 6.07 Å². The summed E-state index contributed by atoms with van der Waals surface area (Å²) in [5.74, 6) is 0.456. The van der Waals surface area contributed by atoms with E-state index in [4.69, 9.17) is 4.74 Å². The summed E-state index contributed by atoms with van der Waals surface area (Å²) in [6.45, 7) is 7.30. The molecule has 4 nitrogen and oxygen atoms in total. The maximum atomic E-state index is 11.9. The van der Waals surface area contributed by atoms with E-state index in [1.807, 2.05) is 6.92 Å². The van der Waals surface area contributed by atoms with Gasteiger partial charge in [-0.15, -0.1) is 11.3 Å². The Morgan fingerprint density at radius 1 is 1.50 bits per heavy atom. The summed E-state index contributed by atoms with van der Waals surface area (Å²) in [5.41, 5.74) is 0.927. The van der Waals surface area contributed by atoms with Crippen LogP contribution in [0.1, 0.15) is 19.4 Å². The molecule has 18 heavy (non-hydrogen) atoms. The van der Waals surface area contributed by atoms with Crippen molar-refractivity contribution >= 4 is 37.3 Å². The number of thiophene rings is 1. The number of aryl methyl sites for hydroxylation is 1. The Kier molecular flexibility index (Phi) is 6.26. The third-order valence-electron chi connectivity index (χ3n) is 2.09. The van der Waals surface area contributed by atoms with Crippen LogP contribution in [-0.4, -0.2) is 28.2 Å². The van der Waals surface area contributed by atoms with E-state index in [-0.39, 0.29) is 0 Å². The van der Waals surface area contributed by atoms with E-state index in [2.05, 4.69) is 34.5 Å². The molecule has 0 saturated heterocycles. The first-order valence-electron chi connectivity index (χ1n) is 5.66. The minimum absolute atomic E-state index is 0.295. The van der Waals surface area contributed by atoms with E-state index in [1.165, 1.54) is 11.3 Å². The SMILES string of the molecule is Cc1cc(S(=O)(=O)NCCOCC(C)C)sc1Br. The zero-order valence-corrected chi connectivity index (χ0v) is 13.9. The van der Waals surface area contributed by atoms with Crippen LogP contribution in [-0.2, 0) is 14.8 Å². The Balaban J connectivity index is 2.45. The monoisotopic (exact) mass is 355 g/mol. The first-order valence-corrected chi connectivity index (χ1v) is 8.75. The minimum atomic E-state index is -3.40. The fourth-order valence-electron chi connectivity index (χ4n) is 1.20. The molecule has 0 aliphatic rings. The Bertz CT molecular complexity index is 463. The average molecular weight is 356 g/mol. The van der Waals surface area contributed by atoms with Crippen LogP contribution in [0.25, 0.3) is 0 Å². The predicted molar refractivity (Wildman–Crippen MR) is 77.6 cm³/mol. The van der Waals surface area contributed by atoms with E-state index < -0.39 is 10.0 Å². The van der Waals surface area contributed by atoms with Gasteiger partial charge in [0.25, 0.3) is 0 Å². The Morgan fingerprint density at radius 3 is 2.67 bits per heavy atom. The number of ether oxygens (including phenoxy) is 1. The van der Waals surface area contributed by atoms with Crippen LogP contribution in [0, 0.1) is 12.8 Å². The summed E-state index contributed by atoms with van der Waals surface area (Å²) in [7, 11) is -3.40. The van der Waals surface area contributed by atoms with Gasteiger partial charge in [0.2, 0.25) is 10.0 Å². The second-order valence-corrected chi connectivity index (χ2v) is 8.75. The molecule has 0 unspecified atom stereocenters. The van der Waals surface area contributed by atoms with Gasteiger partial charge in [0.1, 0.15) is 4.21 Å². The first kappa shape index (κ1) is 16.1. The molecule has 0 atom stereocenters. The number of rotatable bonds is 7. The van der Waals surface area contributed by atoms with Gasteiger partial charge in [0.05, 0.1) is 10.4 Å². The molecular weight excluding hydrogens is 338 g/mol. The fourth-order valence-corrected chi connectivity index (χ4v) is 4.49. The van der Waals surface area contributed by atoms with Crippen molar-refractivity contribution in [3.8, 4) is 0 Å².